The van der Waals surface area contributed by atoms with E-state index in [1.807, 2.05) is 0 Å². The fourth-order valence-electron chi connectivity index (χ4n) is 2.76. The minimum absolute atomic E-state index is 0.472. The molecule has 0 unspecified atom stereocenters. The Labute approximate surface area is 106 Å². The minimum atomic E-state index is 0.472. The quantitative estimate of drug-likeness (QED) is 0.698. The van der Waals surface area contributed by atoms with Crippen molar-refractivity contribution in [1.82, 2.24) is 0 Å². The van der Waals surface area contributed by atoms with Gasteiger partial charge >= 0.3 is 0 Å². The molecule has 0 atom stereocenters. The summed E-state index contributed by atoms with van der Waals surface area (Å²) in [6.45, 7) is 11.7. The van der Waals surface area contributed by atoms with Crippen LogP contribution in [0.2, 0.25) is 0 Å². The third-order valence-electron chi connectivity index (χ3n) is 4.12. The van der Waals surface area contributed by atoms with Crippen LogP contribution in [0.25, 0.3) is 0 Å². The van der Waals surface area contributed by atoms with Crippen LogP contribution in [0.4, 0.5) is 5.69 Å². The van der Waals surface area contributed by atoms with E-state index in [2.05, 4.69) is 56.9 Å². The lowest BCUT2D eigenvalue weighted by Crippen LogP contribution is -2.37. The van der Waals surface area contributed by atoms with Crippen LogP contribution in [0.15, 0.2) is 24.3 Å². The molecule has 0 N–H and O–H groups in total. The Hall–Kier alpha value is -0.980. The van der Waals surface area contributed by atoms with Crippen molar-refractivity contribution < 1.29 is 0 Å². The van der Waals surface area contributed by atoms with E-state index < -0.39 is 0 Å². The van der Waals surface area contributed by atoms with Crippen molar-refractivity contribution in [3.8, 4) is 0 Å². The highest BCUT2D eigenvalue weighted by Gasteiger charge is 2.28. The van der Waals surface area contributed by atoms with Gasteiger partial charge in [-0.3, -0.25) is 0 Å². The van der Waals surface area contributed by atoms with Crippen LogP contribution < -0.4 is 4.90 Å². The van der Waals surface area contributed by atoms with Gasteiger partial charge in [0.1, 0.15) is 0 Å². The zero-order valence-electron chi connectivity index (χ0n) is 11.7. The first-order valence-corrected chi connectivity index (χ1v) is 6.78. The van der Waals surface area contributed by atoms with Gasteiger partial charge in [0, 0.05) is 18.8 Å². The van der Waals surface area contributed by atoms with Crippen LogP contribution in [0, 0.1) is 18.3 Å². The lowest BCUT2D eigenvalue weighted by molar-refractivity contribution is 0.199. The Morgan fingerprint density at radius 2 is 1.53 bits per heavy atom. The number of rotatable bonds is 1. The molecule has 1 nitrogen and oxygen atoms in total. The largest absolute Gasteiger partial charge is 0.372 e. The lowest BCUT2D eigenvalue weighted by atomic mass is 9.75. The maximum atomic E-state index is 2.53. The number of aryl methyl sites for hydroxylation is 1. The molecule has 94 valence electrons. The van der Waals surface area contributed by atoms with E-state index in [0.29, 0.717) is 5.41 Å². The van der Waals surface area contributed by atoms with Crippen LogP contribution in [-0.2, 0) is 0 Å². The maximum Gasteiger partial charge on any atom is 0.0366 e. The first-order chi connectivity index (χ1) is 7.97. The van der Waals surface area contributed by atoms with Crippen LogP contribution in [-0.4, -0.2) is 13.1 Å². The predicted molar refractivity (Wildman–Crippen MR) is 75.6 cm³/mol. The van der Waals surface area contributed by atoms with Crippen LogP contribution in [0.1, 0.15) is 39.2 Å². The Morgan fingerprint density at radius 1 is 1.00 bits per heavy atom. The highest BCUT2D eigenvalue weighted by Crippen LogP contribution is 2.35. The van der Waals surface area contributed by atoms with E-state index >= 15 is 0 Å². The molecule has 0 radical (unpaired) electrons. The standard InChI is InChI=1S/C16H25N/c1-13-5-7-15(8-6-13)17-11-9-14(10-12-17)16(2,3)4/h5-8,14H,9-12H2,1-4H3. The second kappa shape index (κ2) is 4.72. The molecule has 1 heteroatoms. The van der Waals surface area contributed by atoms with Gasteiger partial charge in [0.25, 0.3) is 0 Å². The van der Waals surface area contributed by atoms with Crippen molar-refractivity contribution in [2.75, 3.05) is 18.0 Å². The van der Waals surface area contributed by atoms with E-state index in [9.17, 15) is 0 Å². The second-order valence-electron chi connectivity index (χ2n) is 6.46. The number of piperidine rings is 1. The molecule has 0 amide bonds. The lowest BCUT2D eigenvalue weighted by Gasteiger charge is -2.39. The number of anilines is 1. The summed E-state index contributed by atoms with van der Waals surface area (Å²) < 4.78 is 0. The summed E-state index contributed by atoms with van der Waals surface area (Å²) in [5.41, 5.74) is 3.21. The Balaban J connectivity index is 1.97. The smallest absolute Gasteiger partial charge is 0.0366 e. The number of hydrogen-bond donors (Lipinski definition) is 0. The maximum absolute atomic E-state index is 2.53. The average molecular weight is 231 g/mol. The van der Waals surface area contributed by atoms with Gasteiger partial charge in [0.2, 0.25) is 0 Å². The highest BCUT2D eigenvalue weighted by atomic mass is 15.1. The van der Waals surface area contributed by atoms with Crippen molar-refractivity contribution in [1.29, 1.82) is 0 Å². The van der Waals surface area contributed by atoms with Crippen molar-refractivity contribution >= 4 is 5.69 Å². The third-order valence-corrected chi connectivity index (χ3v) is 4.12. The molecule has 0 bridgehead atoms. The summed E-state index contributed by atoms with van der Waals surface area (Å²) in [4.78, 5) is 2.53. The monoisotopic (exact) mass is 231 g/mol. The molecule has 0 spiro atoms. The Morgan fingerprint density at radius 3 is 2.00 bits per heavy atom. The van der Waals surface area contributed by atoms with Crippen LogP contribution in [0.3, 0.4) is 0 Å². The molecule has 0 aliphatic carbocycles. The van der Waals surface area contributed by atoms with Gasteiger partial charge in [0.15, 0.2) is 0 Å². The second-order valence-corrected chi connectivity index (χ2v) is 6.46. The number of benzene rings is 1. The van der Waals surface area contributed by atoms with Crippen LogP contribution in [0.5, 0.6) is 0 Å². The van der Waals surface area contributed by atoms with E-state index in [1.165, 1.54) is 37.2 Å². The molecular weight excluding hydrogens is 206 g/mol. The van der Waals surface area contributed by atoms with E-state index in [-0.39, 0.29) is 0 Å². The molecule has 17 heavy (non-hydrogen) atoms. The van der Waals surface area contributed by atoms with Crippen molar-refractivity contribution in [2.24, 2.45) is 11.3 Å². The zero-order valence-corrected chi connectivity index (χ0v) is 11.7. The Kier molecular flexibility index (Phi) is 3.46. The summed E-state index contributed by atoms with van der Waals surface area (Å²) in [5.74, 6) is 0.879. The normalized spacial score (nSPS) is 18.5. The van der Waals surface area contributed by atoms with Gasteiger partial charge in [-0.1, -0.05) is 38.5 Å². The number of hydrogen-bond acceptors (Lipinski definition) is 1. The molecule has 0 aromatic heterocycles. The summed E-state index contributed by atoms with van der Waals surface area (Å²) in [7, 11) is 0. The SMILES string of the molecule is Cc1ccc(N2CCC(C(C)(C)C)CC2)cc1. The number of nitrogens with zero attached hydrogens (tertiary/aromatic N) is 1. The summed E-state index contributed by atoms with van der Waals surface area (Å²) in [6.07, 6.45) is 2.66. The molecule has 1 aliphatic rings. The van der Waals surface area contributed by atoms with E-state index in [1.54, 1.807) is 0 Å². The van der Waals surface area contributed by atoms with Gasteiger partial charge in [-0.05, 0) is 43.2 Å². The summed E-state index contributed by atoms with van der Waals surface area (Å²) in [5, 5.41) is 0. The van der Waals surface area contributed by atoms with Gasteiger partial charge in [-0.2, -0.15) is 0 Å². The molecule has 1 aliphatic heterocycles. The fraction of sp³-hybridized carbons (Fsp3) is 0.625. The van der Waals surface area contributed by atoms with Gasteiger partial charge in [0.05, 0.1) is 0 Å². The summed E-state index contributed by atoms with van der Waals surface area (Å²) >= 11 is 0. The molecule has 1 saturated heterocycles. The predicted octanol–water partition coefficient (Wildman–Crippen LogP) is 4.26. The first kappa shape index (κ1) is 12.5. The van der Waals surface area contributed by atoms with Crippen LogP contribution >= 0.6 is 0 Å². The van der Waals surface area contributed by atoms with Crippen molar-refractivity contribution in [3.63, 3.8) is 0 Å². The van der Waals surface area contributed by atoms with E-state index in [4.69, 9.17) is 0 Å². The molecule has 0 saturated carbocycles. The van der Waals surface area contributed by atoms with Gasteiger partial charge in [-0.15, -0.1) is 0 Å². The summed E-state index contributed by atoms with van der Waals surface area (Å²) in [6, 6.07) is 8.94. The van der Waals surface area contributed by atoms with E-state index in [0.717, 1.165) is 5.92 Å². The zero-order chi connectivity index (χ0) is 12.5. The molecule has 1 aromatic carbocycles. The third kappa shape index (κ3) is 3.02. The highest BCUT2D eigenvalue weighted by molar-refractivity contribution is 5.47. The average Bonchev–Trinajstić information content (AvgIpc) is 2.29. The van der Waals surface area contributed by atoms with Gasteiger partial charge < -0.3 is 4.90 Å². The molecule has 1 fully saturated rings. The molecule has 2 rings (SSSR count). The first-order valence-electron chi connectivity index (χ1n) is 6.78. The molecule has 1 heterocycles. The fourth-order valence-corrected chi connectivity index (χ4v) is 2.76. The molecular formula is C16H25N. The molecule has 1 aromatic rings. The Bertz CT molecular complexity index is 350. The van der Waals surface area contributed by atoms with Crippen molar-refractivity contribution in [2.45, 2.75) is 40.5 Å². The van der Waals surface area contributed by atoms with Gasteiger partial charge in [-0.25, -0.2) is 0 Å². The minimum Gasteiger partial charge on any atom is -0.372 e. The van der Waals surface area contributed by atoms with Crippen molar-refractivity contribution in [3.05, 3.63) is 29.8 Å². The topological polar surface area (TPSA) is 3.24 Å².